The maximum absolute atomic E-state index is 6.25. The van der Waals surface area contributed by atoms with E-state index in [1.807, 2.05) is 24.4 Å². The van der Waals surface area contributed by atoms with Crippen molar-refractivity contribution in [2.45, 2.75) is 24.9 Å². The Kier molecular flexibility index (Phi) is 3.44. The van der Waals surface area contributed by atoms with Gasteiger partial charge in [0.25, 0.3) is 0 Å². The van der Waals surface area contributed by atoms with Crippen molar-refractivity contribution in [3.8, 4) is 0 Å². The summed E-state index contributed by atoms with van der Waals surface area (Å²) < 4.78 is 0. The highest BCUT2D eigenvalue weighted by Crippen LogP contribution is 2.35. The van der Waals surface area contributed by atoms with Crippen LogP contribution in [0.2, 0.25) is 5.02 Å². The smallest absolute Gasteiger partial charge is 0.0765 e. The molecule has 1 aliphatic rings. The first-order chi connectivity index (χ1) is 9.22. The molecule has 3 rings (SSSR count). The number of nitrogens with two attached hydrogens (primary N) is 1. The molecule has 1 unspecified atom stereocenters. The molecule has 100 valence electrons. The number of aromatic nitrogens is 1. The fraction of sp³-hybridized carbons (Fsp3) is 0.400. The highest BCUT2D eigenvalue weighted by molar-refractivity contribution is 6.35. The SMILES string of the molecule is CN(C1CC1)C(CN)c1ccc(Cl)c2cccnc12. The van der Waals surface area contributed by atoms with E-state index in [2.05, 4.69) is 23.0 Å². The zero-order valence-corrected chi connectivity index (χ0v) is 11.8. The average Bonchev–Trinajstić information content (AvgIpc) is 3.26. The molecule has 2 aromatic rings. The van der Waals surface area contributed by atoms with Crippen molar-refractivity contribution in [3.05, 3.63) is 41.0 Å². The maximum atomic E-state index is 6.25. The first-order valence-corrected chi connectivity index (χ1v) is 7.05. The maximum Gasteiger partial charge on any atom is 0.0765 e. The molecular formula is C15H18ClN3. The van der Waals surface area contributed by atoms with Crippen LogP contribution in [0.1, 0.15) is 24.4 Å². The number of likely N-dealkylation sites (N-methyl/N-ethyl adjacent to an activating group) is 1. The van der Waals surface area contributed by atoms with Gasteiger partial charge in [-0.2, -0.15) is 0 Å². The van der Waals surface area contributed by atoms with Gasteiger partial charge in [0, 0.05) is 35.2 Å². The van der Waals surface area contributed by atoms with E-state index in [1.54, 1.807) is 0 Å². The van der Waals surface area contributed by atoms with Crippen LogP contribution in [-0.2, 0) is 0 Å². The average molecular weight is 276 g/mol. The van der Waals surface area contributed by atoms with Crippen LogP contribution in [0.4, 0.5) is 0 Å². The number of hydrogen-bond acceptors (Lipinski definition) is 3. The van der Waals surface area contributed by atoms with E-state index in [1.165, 1.54) is 18.4 Å². The van der Waals surface area contributed by atoms with Crippen molar-refractivity contribution < 1.29 is 0 Å². The number of hydrogen-bond donors (Lipinski definition) is 1. The Labute approximate surface area is 118 Å². The summed E-state index contributed by atoms with van der Waals surface area (Å²) in [5.74, 6) is 0. The summed E-state index contributed by atoms with van der Waals surface area (Å²) in [6, 6.07) is 8.82. The second-order valence-electron chi connectivity index (χ2n) is 5.18. The van der Waals surface area contributed by atoms with Crippen LogP contribution in [0.3, 0.4) is 0 Å². The normalized spacial score (nSPS) is 17.1. The van der Waals surface area contributed by atoms with E-state index >= 15 is 0 Å². The van der Waals surface area contributed by atoms with Gasteiger partial charge in [-0.25, -0.2) is 0 Å². The number of pyridine rings is 1. The molecule has 1 saturated carbocycles. The van der Waals surface area contributed by atoms with Gasteiger partial charge in [-0.1, -0.05) is 17.7 Å². The van der Waals surface area contributed by atoms with Gasteiger partial charge in [-0.3, -0.25) is 9.88 Å². The van der Waals surface area contributed by atoms with Crippen molar-refractivity contribution in [3.63, 3.8) is 0 Å². The number of rotatable bonds is 4. The quantitative estimate of drug-likeness (QED) is 0.933. The van der Waals surface area contributed by atoms with Gasteiger partial charge in [0.1, 0.15) is 0 Å². The van der Waals surface area contributed by atoms with Crippen molar-refractivity contribution in [2.75, 3.05) is 13.6 Å². The van der Waals surface area contributed by atoms with E-state index in [-0.39, 0.29) is 6.04 Å². The van der Waals surface area contributed by atoms with E-state index in [0.29, 0.717) is 12.6 Å². The number of nitrogens with zero attached hydrogens (tertiary/aromatic N) is 2. The van der Waals surface area contributed by atoms with E-state index in [4.69, 9.17) is 17.3 Å². The van der Waals surface area contributed by atoms with Crippen molar-refractivity contribution >= 4 is 22.5 Å². The fourth-order valence-corrected chi connectivity index (χ4v) is 2.89. The molecule has 2 N–H and O–H groups in total. The van der Waals surface area contributed by atoms with E-state index < -0.39 is 0 Å². The van der Waals surface area contributed by atoms with Crippen LogP contribution in [0.15, 0.2) is 30.5 Å². The Hall–Kier alpha value is -1.16. The minimum Gasteiger partial charge on any atom is -0.329 e. The fourth-order valence-electron chi connectivity index (χ4n) is 2.68. The van der Waals surface area contributed by atoms with Gasteiger partial charge in [-0.15, -0.1) is 0 Å². The Morgan fingerprint density at radius 1 is 1.42 bits per heavy atom. The lowest BCUT2D eigenvalue weighted by atomic mass is 10.0. The molecular weight excluding hydrogens is 258 g/mol. The molecule has 3 nitrogen and oxygen atoms in total. The zero-order chi connectivity index (χ0) is 13.4. The van der Waals surface area contributed by atoms with Crippen molar-refractivity contribution in [2.24, 2.45) is 5.73 Å². The van der Waals surface area contributed by atoms with Crippen LogP contribution in [0.25, 0.3) is 10.9 Å². The summed E-state index contributed by atoms with van der Waals surface area (Å²) >= 11 is 6.25. The number of halogens is 1. The highest BCUT2D eigenvalue weighted by atomic mass is 35.5. The lowest BCUT2D eigenvalue weighted by Gasteiger charge is -2.28. The van der Waals surface area contributed by atoms with Crippen LogP contribution < -0.4 is 5.73 Å². The molecule has 1 heterocycles. The molecule has 0 saturated heterocycles. The minimum atomic E-state index is 0.210. The number of benzene rings is 1. The third-order valence-electron chi connectivity index (χ3n) is 3.94. The second-order valence-corrected chi connectivity index (χ2v) is 5.59. The molecule has 1 fully saturated rings. The lowest BCUT2D eigenvalue weighted by molar-refractivity contribution is 0.241. The Morgan fingerprint density at radius 2 is 2.21 bits per heavy atom. The summed E-state index contributed by atoms with van der Waals surface area (Å²) in [6.07, 6.45) is 4.35. The van der Waals surface area contributed by atoms with Gasteiger partial charge < -0.3 is 5.73 Å². The monoisotopic (exact) mass is 275 g/mol. The van der Waals surface area contributed by atoms with Crippen LogP contribution in [0, 0.1) is 0 Å². The Balaban J connectivity index is 2.10. The molecule has 1 aliphatic carbocycles. The van der Waals surface area contributed by atoms with E-state index in [0.717, 1.165) is 15.9 Å². The van der Waals surface area contributed by atoms with Gasteiger partial charge in [0.15, 0.2) is 0 Å². The molecule has 0 amide bonds. The highest BCUT2D eigenvalue weighted by Gasteiger charge is 2.32. The predicted octanol–water partition coefficient (Wildman–Crippen LogP) is 2.98. The van der Waals surface area contributed by atoms with Crippen LogP contribution >= 0.6 is 11.6 Å². The molecule has 1 atom stereocenters. The molecule has 0 aliphatic heterocycles. The van der Waals surface area contributed by atoms with Crippen molar-refractivity contribution in [1.82, 2.24) is 9.88 Å². The summed E-state index contributed by atoms with van der Waals surface area (Å²) in [6.45, 7) is 0.598. The Morgan fingerprint density at radius 3 is 2.89 bits per heavy atom. The van der Waals surface area contributed by atoms with Gasteiger partial charge in [0.05, 0.1) is 5.52 Å². The Bertz CT molecular complexity index is 595. The third-order valence-corrected chi connectivity index (χ3v) is 4.27. The zero-order valence-electron chi connectivity index (χ0n) is 11.0. The third kappa shape index (κ3) is 2.34. The topological polar surface area (TPSA) is 42.1 Å². The molecule has 4 heteroatoms. The molecule has 0 spiro atoms. The van der Waals surface area contributed by atoms with Gasteiger partial charge in [-0.05, 0) is 43.7 Å². The molecule has 1 aromatic heterocycles. The standard InChI is InChI=1S/C15H18ClN3/c1-19(10-4-5-10)14(9-17)12-6-7-13(16)11-3-2-8-18-15(11)12/h2-3,6-8,10,14H,4-5,9,17H2,1H3. The minimum absolute atomic E-state index is 0.210. The lowest BCUT2D eigenvalue weighted by Crippen LogP contribution is -2.32. The predicted molar refractivity (Wildman–Crippen MR) is 79.3 cm³/mol. The van der Waals surface area contributed by atoms with Crippen LogP contribution in [0.5, 0.6) is 0 Å². The summed E-state index contributed by atoms with van der Waals surface area (Å²) in [5, 5.41) is 1.75. The molecule has 1 aromatic carbocycles. The first-order valence-electron chi connectivity index (χ1n) is 6.67. The molecule has 0 bridgehead atoms. The summed E-state index contributed by atoms with van der Waals surface area (Å²) in [5.41, 5.74) is 8.15. The largest absolute Gasteiger partial charge is 0.329 e. The van der Waals surface area contributed by atoms with Crippen molar-refractivity contribution in [1.29, 1.82) is 0 Å². The summed E-state index contributed by atoms with van der Waals surface area (Å²) in [7, 11) is 2.15. The molecule has 19 heavy (non-hydrogen) atoms. The summed E-state index contributed by atoms with van der Waals surface area (Å²) in [4.78, 5) is 6.88. The number of fused-ring (bicyclic) bond motifs is 1. The molecule has 0 radical (unpaired) electrons. The second kappa shape index (κ2) is 5.08. The first kappa shape index (κ1) is 12.9. The van der Waals surface area contributed by atoms with E-state index in [9.17, 15) is 0 Å². The van der Waals surface area contributed by atoms with Gasteiger partial charge >= 0.3 is 0 Å². The van der Waals surface area contributed by atoms with Gasteiger partial charge in [0.2, 0.25) is 0 Å². The van der Waals surface area contributed by atoms with Crippen LogP contribution in [-0.4, -0.2) is 29.5 Å².